The molecule has 36 heavy (non-hydrogen) atoms. The van der Waals surface area contributed by atoms with Crippen molar-refractivity contribution in [3.63, 3.8) is 0 Å². The summed E-state index contributed by atoms with van der Waals surface area (Å²) in [7, 11) is 0. The number of carbonyl (C=O) groups is 1. The second-order valence-electron chi connectivity index (χ2n) is 8.61. The molecule has 0 aromatic heterocycles. The lowest BCUT2D eigenvalue weighted by Crippen LogP contribution is -2.36. The molecule has 2 heterocycles. The SMILES string of the molecule is O=C(Nc1ccc(Oc2ccccc2)cc1)N1N=C2c3ccccc3OCC2C1c1ccc(Cl)cc1. The van der Waals surface area contributed by atoms with Crippen LogP contribution in [0.2, 0.25) is 5.02 Å². The number of ether oxygens (including phenoxy) is 2. The van der Waals surface area contributed by atoms with Crippen LogP contribution < -0.4 is 14.8 Å². The van der Waals surface area contributed by atoms with Crippen LogP contribution in [0, 0.1) is 5.92 Å². The standard InChI is InChI=1S/C29H22ClN3O3/c30-20-12-10-19(11-13-20)28-25-18-35-26-9-5-4-8-24(26)27(25)32-33(28)29(34)31-21-14-16-23(17-15-21)36-22-6-2-1-3-7-22/h1-17,25,28H,18H2,(H,31,34). The Bertz CT molecular complexity index is 1420. The quantitative estimate of drug-likeness (QED) is 0.327. The number of hydrogen-bond donors (Lipinski definition) is 1. The second-order valence-corrected chi connectivity index (χ2v) is 9.05. The van der Waals surface area contributed by atoms with E-state index in [2.05, 4.69) is 5.32 Å². The zero-order valence-corrected chi connectivity index (χ0v) is 19.9. The first-order valence-corrected chi connectivity index (χ1v) is 12.0. The highest BCUT2D eigenvalue weighted by atomic mass is 35.5. The first-order chi connectivity index (χ1) is 17.7. The highest BCUT2D eigenvalue weighted by Crippen LogP contribution is 2.42. The largest absolute Gasteiger partial charge is 0.492 e. The van der Waals surface area contributed by atoms with E-state index in [-0.39, 0.29) is 18.0 Å². The molecule has 2 amide bonds. The molecule has 0 bridgehead atoms. The fourth-order valence-electron chi connectivity index (χ4n) is 4.60. The monoisotopic (exact) mass is 495 g/mol. The van der Waals surface area contributed by atoms with E-state index in [1.165, 1.54) is 5.01 Å². The van der Waals surface area contributed by atoms with Gasteiger partial charge in [0.05, 0.1) is 24.3 Å². The van der Waals surface area contributed by atoms with Gasteiger partial charge in [0.25, 0.3) is 0 Å². The Morgan fingerprint density at radius 1 is 0.889 bits per heavy atom. The van der Waals surface area contributed by atoms with Gasteiger partial charge in [-0.1, -0.05) is 54.1 Å². The molecule has 2 aliphatic heterocycles. The summed E-state index contributed by atoms with van der Waals surface area (Å²) in [6, 6.07) is 31.4. The molecule has 0 saturated heterocycles. The number of anilines is 1. The summed E-state index contributed by atoms with van der Waals surface area (Å²) in [6.07, 6.45) is 0. The molecule has 4 aromatic rings. The smallest absolute Gasteiger partial charge is 0.342 e. The average molecular weight is 496 g/mol. The molecule has 0 radical (unpaired) electrons. The van der Waals surface area contributed by atoms with Crippen LogP contribution in [0.3, 0.4) is 0 Å². The summed E-state index contributed by atoms with van der Waals surface area (Å²) in [4.78, 5) is 13.5. The highest BCUT2D eigenvalue weighted by Gasteiger charge is 2.45. The van der Waals surface area contributed by atoms with Gasteiger partial charge in [-0.2, -0.15) is 5.10 Å². The molecule has 1 N–H and O–H groups in total. The lowest BCUT2D eigenvalue weighted by atomic mass is 9.86. The van der Waals surface area contributed by atoms with Crippen molar-refractivity contribution < 1.29 is 14.3 Å². The Kier molecular flexibility index (Phi) is 5.79. The topological polar surface area (TPSA) is 63.2 Å². The van der Waals surface area contributed by atoms with Crippen LogP contribution in [0.4, 0.5) is 10.5 Å². The molecule has 0 saturated carbocycles. The molecule has 0 fully saturated rings. The van der Waals surface area contributed by atoms with Crippen molar-refractivity contribution in [3.05, 3.63) is 119 Å². The summed E-state index contributed by atoms with van der Waals surface area (Å²) in [6.45, 7) is 0.429. The average Bonchev–Trinajstić information content (AvgIpc) is 3.31. The predicted octanol–water partition coefficient (Wildman–Crippen LogP) is 7.13. The van der Waals surface area contributed by atoms with E-state index in [4.69, 9.17) is 26.2 Å². The Balaban J connectivity index is 1.27. The molecular weight excluding hydrogens is 474 g/mol. The molecule has 6 rings (SSSR count). The number of benzene rings is 4. The molecule has 0 aliphatic carbocycles. The summed E-state index contributed by atoms with van der Waals surface area (Å²) in [5.41, 5.74) is 3.33. The van der Waals surface area contributed by atoms with E-state index in [9.17, 15) is 4.79 Å². The number of urea groups is 1. The maximum atomic E-state index is 13.5. The van der Waals surface area contributed by atoms with Gasteiger partial charge in [0, 0.05) is 16.3 Å². The van der Waals surface area contributed by atoms with Gasteiger partial charge in [-0.05, 0) is 66.2 Å². The first-order valence-electron chi connectivity index (χ1n) is 11.6. The number of rotatable bonds is 4. The molecule has 7 heteroatoms. The minimum Gasteiger partial charge on any atom is -0.492 e. The molecule has 2 atom stereocenters. The van der Waals surface area contributed by atoms with Crippen LogP contribution in [0.15, 0.2) is 108 Å². The van der Waals surface area contributed by atoms with E-state index in [0.29, 0.717) is 23.1 Å². The number of fused-ring (bicyclic) bond motifs is 3. The van der Waals surface area contributed by atoms with E-state index in [1.807, 2.05) is 103 Å². The van der Waals surface area contributed by atoms with Crippen LogP contribution >= 0.6 is 11.6 Å². The van der Waals surface area contributed by atoms with E-state index < -0.39 is 0 Å². The van der Waals surface area contributed by atoms with Gasteiger partial charge in [-0.3, -0.25) is 0 Å². The lowest BCUT2D eigenvalue weighted by Gasteiger charge is -2.29. The number of hydrogen-bond acceptors (Lipinski definition) is 4. The van der Waals surface area contributed by atoms with Crippen molar-refractivity contribution >= 4 is 29.0 Å². The van der Waals surface area contributed by atoms with Gasteiger partial charge < -0.3 is 14.8 Å². The van der Waals surface area contributed by atoms with E-state index >= 15 is 0 Å². The molecular formula is C29H22ClN3O3. The number of nitrogens with zero attached hydrogens (tertiary/aromatic N) is 2. The fraction of sp³-hybridized carbons (Fsp3) is 0.103. The highest BCUT2D eigenvalue weighted by molar-refractivity contribution is 6.30. The second kappa shape index (κ2) is 9.40. The van der Waals surface area contributed by atoms with Crippen molar-refractivity contribution in [1.29, 1.82) is 0 Å². The van der Waals surface area contributed by atoms with Crippen molar-refractivity contribution in [1.82, 2.24) is 5.01 Å². The normalized spacial score (nSPS) is 17.9. The van der Waals surface area contributed by atoms with Gasteiger partial charge in [0.1, 0.15) is 17.2 Å². The number of nitrogens with one attached hydrogen (secondary N) is 1. The summed E-state index contributed by atoms with van der Waals surface area (Å²) >= 11 is 6.14. The lowest BCUT2D eigenvalue weighted by molar-refractivity contribution is 0.171. The third kappa shape index (κ3) is 4.27. The first kappa shape index (κ1) is 22.2. The Hall–Kier alpha value is -4.29. The maximum Gasteiger partial charge on any atom is 0.342 e. The third-order valence-corrected chi connectivity index (χ3v) is 6.55. The van der Waals surface area contributed by atoms with E-state index in [1.54, 1.807) is 0 Å². The van der Waals surface area contributed by atoms with Crippen LogP contribution in [-0.2, 0) is 0 Å². The summed E-state index contributed by atoms with van der Waals surface area (Å²) in [5.74, 6) is 2.10. The predicted molar refractivity (Wildman–Crippen MR) is 140 cm³/mol. The Morgan fingerprint density at radius 2 is 1.58 bits per heavy atom. The number of amides is 2. The zero-order valence-electron chi connectivity index (χ0n) is 19.2. The molecule has 4 aromatic carbocycles. The van der Waals surface area contributed by atoms with E-state index in [0.717, 1.165) is 28.3 Å². The summed E-state index contributed by atoms with van der Waals surface area (Å²) in [5, 5.41) is 9.93. The van der Waals surface area contributed by atoms with Crippen LogP contribution in [0.1, 0.15) is 17.2 Å². The number of para-hydroxylation sites is 2. The number of hydrazone groups is 1. The fourth-order valence-corrected chi connectivity index (χ4v) is 4.72. The van der Waals surface area contributed by atoms with Gasteiger partial charge in [0.15, 0.2) is 0 Å². The van der Waals surface area contributed by atoms with Gasteiger partial charge >= 0.3 is 6.03 Å². The molecule has 2 aliphatic rings. The minimum atomic E-state index is -0.328. The molecule has 6 nitrogen and oxygen atoms in total. The molecule has 2 unspecified atom stereocenters. The third-order valence-electron chi connectivity index (χ3n) is 6.30. The molecule has 178 valence electrons. The molecule has 0 spiro atoms. The van der Waals surface area contributed by atoms with Gasteiger partial charge in [-0.15, -0.1) is 0 Å². The Morgan fingerprint density at radius 3 is 2.36 bits per heavy atom. The Labute approximate surface area is 213 Å². The summed E-state index contributed by atoms with van der Waals surface area (Å²) < 4.78 is 11.9. The number of carbonyl (C=O) groups excluding carboxylic acids is 1. The minimum absolute atomic E-state index is 0.103. The van der Waals surface area contributed by atoms with Gasteiger partial charge in [-0.25, -0.2) is 9.80 Å². The zero-order chi connectivity index (χ0) is 24.5. The maximum absolute atomic E-state index is 13.5. The van der Waals surface area contributed by atoms with Crippen LogP contribution in [-0.4, -0.2) is 23.4 Å². The van der Waals surface area contributed by atoms with Gasteiger partial charge in [0.2, 0.25) is 0 Å². The van der Waals surface area contributed by atoms with Crippen LogP contribution in [0.5, 0.6) is 17.2 Å². The van der Waals surface area contributed by atoms with Crippen molar-refractivity contribution in [2.24, 2.45) is 11.0 Å². The van der Waals surface area contributed by atoms with Crippen molar-refractivity contribution in [2.75, 3.05) is 11.9 Å². The van der Waals surface area contributed by atoms with Crippen LogP contribution in [0.25, 0.3) is 0 Å². The number of halogens is 1. The van der Waals surface area contributed by atoms with Crippen molar-refractivity contribution in [3.8, 4) is 17.2 Å². The van der Waals surface area contributed by atoms with Crippen molar-refractivity contribution in [2.45, 2.75) is 6.04 Å².